The molecule has 27 heavy (non-hydrogen) atoms. The first-order chi connectivity index (χ1) is 12.9. The molecule has 0 atom stereocenters. The Labute approximate surface area is 164 Å². The van der Waals surface area contributed by atoms with Crippen LogP contribution in [-0.4, -0.2) is 42.9 Å². The molecule has 0 saturated carbocycles. The minimum absolute atomic E-state index is 0.134. The number of anilines is 2. The number of piperazine rings is 1. The molecule has 1 aliphatic heterocycles. The molecule has 0 spiro atoms. The maximum Gasteiger partial charge on any atom is 0.233 e. The zero-order valence-corrected chi connectivity index (χ0v) is 16.4. The van der Waals surface area contributed by atoms with Gasteiger partial charge in [0.2, 0.25) is 11.8 Å². The third-order valence-electron chi connectivity index (χ3n) is 4.86. The molecule has 5 nitrogen and oxygen atoms in total. The van der Waals surface area contributed by atoms with Crippen LogP contribution in [-0.2, 0) is 9.59 Å². The second-order valence-corrected chi connectivity index (χ2v) is 7.28. The van der Waals surface area contributed by atoms with E-state index in [1.54, 1.807) is 4.90 Å². The molecule has 0 aliphatic carbocycles. The van der Waals surface area contributed by atoms with E-state index in [0.29, 0.717) is 18.1 Å². The fourth-order valence-electron chi connectivity index (χ4n) is 3.33. The van der Waals surface area contributed by atoms with Crippen LogP contribution in [0.4, 0.5) is 11.4 Å². The normalized spacial score (nSPS) is 14.2. The Morgan fingerprint density at radius 2 is 1.63 bits per heavy atom. The van der Waals surface area contributed by atoms with Crippen molar-refractivity contribution in [1.29, 1.82) is 0 Å². The molecule has 1 heterocycles. The third-order valence-corrected chi connectivity index (χ3v) is 5.10. The Hall–Kier alpha value is -2.53. The van der Waals surface area contributed by atoms with Gasteiger partial charge >= 0.3 is 0 Å². The summed E-state index contributed by atoms with van der Waals surface area (Å²) < 4.78 is 0. The van der Waals surface area contributed by atoms with Crippen LogP contribution < -0.4 is 10.2 Å². The predicted molar refractivity (Wildman–Crippen MR) is 109 cm³/mol. The summed E-state index contributed by atoms with van der Waals surface area (Å²) in [5.41, 5.74) is 3.83. The van der Waals surface area contributed by atoms with E-state index in [0.717, 1.165) is 35.6 Å². The van der Waals surface area contributed by atoms with Gasteiger partial charge in [-0.25, -0.2) is 0 Å². The number of halogens is 1. The van der Waals surface area contributed by atoms with Gasteiger partial charge in [0.05, 0.1) is 0 Å². The van der Waals surface area contributed by atoms with Gasteiger partial charge in [0.15, 0.2) is 0 Å². The number of nitrogens with zero attached hydrogens (tertiary/aromatic N) is 2. The van der Waals surface area contributed by atoms with Crippen molar-refractivity contribution >= 4 is 34.8 Å². The van der Waals surface area contributed by atoms with Crippen LogP contribution in [0.2, 0.25) is 5.02 Å². The quantitative estimate of drug-likeness (QED) is 0.817. The van der Waals surface area contributed by atoms with Gasteiger partial charge in [-0.15, -0.1) is 0 Å². The fraction of sp³-hybridized carbons (Fsp3) is 0.333. The maximum absolute atomic E-state index is 12.5. The van der Waals surface area contributed by atoms with Crippen molar-refractivity contribution in [2.45, 2.75) is 20.3 Å². The van der Waals surface area contributed by atoms with E-state index < -0.39 is 0 Å². The van der Waals surface area contributed by atoms with Crippen molar-refractivity contribution in [3.63, 3.8) is 0 Å². The van der Waals surface area contributed by atoms with Crippen LogP contribution in [0.15, 0.2) is 42.5 Å². The molecule has 2 amide bonds. The largest absolute Gasteiger partial charge is 0.368 e. The summed E-state index contributed by atoms with van der Waals surface area (Å²) in [4.78, 5) is 28.8. The molecule has 2 aromatic carbocycles. The minimum Gasteiger partial charge on any atom is -0.368 e. The molecule has 0 bridgehead atoms. The van der Waals surface area contributed by atoms with Gasteiger partial charge in [0, 0.05) is 42.6 Å². The summed E-state index contributed by atoms with van der Waals surface area (Å²) in [5.74, 6) is -0.404. The highest BCUT2D eigenvalue weighted by molar-refractivity contribution is 6.30. The standard InChI is InChI=1S/C21H24ClN3O2/c1-15-5-3-6-16(2)21(15)23-19(26)14-20(27)25-11-9-24(10-12-25)18-8-4-7-17(22)13-18/h3-8,13H,9-12,14H2,1-2H3,(H,23,26). The van der Waals surface area contributed by atoms with Crippen LogP contribution in [0, 0.1) is 13.8 Å². The summed E-state index contributed by atoms with van der Waals surface area (Å²) in [5, 5.41) is 3.58. The van der Waals surface area contributed by atoms with E-state index in [2.05, 4.69) is 10.2 Å². The van der Waals surface area contributed by atoms with Crippen LogP contribution in [0.1, 0.15) is 17.5 Å². The molecule has 142 valence electrons. The molecular formula is C21H24ClN3O2. The molecule has 1 saturated heterocycles. The van der Waals surface area contributed by atoms with Crippen LogP contribution in [0.3, 0.4) is 0 Å². The predicted octanol–water partition coefficient (Wildman–Crippen LogP) is 3.63. The molecule has 0 radical (unpaired) electrons. The molecule has 1 fully saturated rings. The molecular weight excluding hydrogens is 362 g/mol. The van der Waals surface area contributed by atoms with Gasteiger partial charge in [-0.3, -0.25) is 9.59 Å². The number of para-hydroxylation sites is 1. The number of aryl methyl sites for hydroxylation is 2. The smallest absolute Gasteiger partial charge is 0.233 e. The molecule has 3 rings (SSSR count). The van der Waals surface area contributed by atoms with Gasteiger partial charge in [0.1, 0.15) is 6.42 Å². The number of rotatable bonds is 4. The first-order valence-corrected chi connectivity index (χ1v) is 9.46. The van der Waals surface area contributed by atoms with Crippen molar-refractivity contribution in [1.82, 2.24) is 4.90 Å². The Kier molecular flexibility index (Phi) is 6.01. The summed E-state index contributed by atoms with van der Waals surface area (Å²) in [6, 6.07) is 13.6. The fourth-order valence-corrected chi connectivity index (χ4v) is 3.52. The van der Waals surface area contributed by atoms with Crippen LogP contribution in [0.5, 0.6) is 0 Å². The third kappa shape index (κ3) is 4.80. The average molecular weight is 386 g/mol. The monoisotopic (exact) mass is 385 g/mol. The Morgan fingerprint density at radius 1 is 1.00 bits per heavy atom. The first-order valence-electron chi connectivity index (χ1n) is 9.08. The molecule has 0 aromatic heterocycles. The number of hydrogen-bond donors (Lipinski definition) is 1. The summed E-state index contributed by atoms with van der Waals surface area (Å²) in [6.07, 6.45) is -0.134. The SMILES string of the molecule is Cc1cccc(C)c1NC(=O)CC(=O)N1CCN(c2cccc(Cl)c2)CC1. The average Bonchev–Trinajstić information content (AvgIpc) is 2.65. The van der Waals surface area contributed by atoms with E-state index in [-0.39, 0.29) is 18.2 Å². The van der Waals surface area contributed by atoms with E-state index in [9.17, 15) is 9.59 Å². The van der Waals surface area contributed by atoms with Gasteiger partial charge in [-0.1, -0.05) is 35.9 Å². The Morgan fingerprint density at radius 3 is 2.26 bits per heavy atom. The number of hydrogen-bond acceptors (Lipinski definition) is 3. The summed E-state index contributed by atoms with van der Waals surface area (Å²) in [6.45, 7) is 6.54. The second-order valence-electron chi connectivity index (χ2n) is 6.84. The van der Waals surface area contributed by atoms with E-state index in [4.69, 9.17) is 11.6 Å². The number of carbonyl (C=O) groups excluding carboxylic acids is 2. The highest BCUT2D eigenvalue weighted by atomic mass is 35.5. The lowest BCUT2D eigenvalue weighted by molar-refractivity contribution is -0.134. The lowest BCUT2D eigenvalue weighted by Gasteiger charge is -2.36. The summed E-state index contributed by atoms with van der Waals surface area (Å²) >= 11 is 6.05. The van der Waals surface area contributed by atoms with Gasteiger partial charge in [-0.2, -0.15) is 0 Å². The van der Waals surface area contributed by atoms with E-state index >= 15 is 0 Å². The highest BCUT2D eigenvalue weighted by Crippen LogP contribution is 2.22. The maximum atomic E-state index is 12.5. The van der Waals surface area contributed by atoms with Crippen molar-refractivity contribution in [2.24, 2.45) is 0 Å². The molecule has 6 heteroatoms. The van der Waals surface area contributed by atoms with Crippen LogP contribution in [0.25, 0.3) is 0 Å². The molecule has 1 N–H and O–H groups in total. The van der Waals surface area contributed by atoms with Crippen LogP contribution >= 0.6 is 11.6 Å². The first kappa shape index (κ1) is 19.2. The number of carbonyl (C=O) groups is 2. The Balaban J connectivity index is 1.53. The van der Waals surface area contributed by atoms with Gasteiger partial charge in [-0.05, 0) is 43.2 Å². The molecule has 2 aromatic rings. The topological polar surface area (TPSA) is 52.7 Å². The van der Waals surface area contributed by atoms with Crippen molar-refractivity contribution in [2.75, 3.05) is 36.4 Å². The van der Waals surface area contributed by atoms with Crippen molar-refractivity contribution in [3.8, 4) is 0 Å². The zero-order chi connectivity index (χ0) is 19.4. The lowest BCUT2D eigenvalue weighted by atomic mass is 10.1. The van der Waals surface area contributed by atoms with Crippen molar-refractivity contribution in [3.05, 3.63) is 58.6 Å². The summed E-state index contributed by atoms with van der Waals surface area (Å²) in [7, 11) is 0. The number of benzene rings is 2. The zero-order valence-electron chi connectivity index (χ0n) is 15.7. The molecule has 1 aliphatic rings. The van der Waals surface area contributed by atoms with Gasteiger partial charge < -0.3 is 15.1 Å². The van der Waals surface area contributed by atoms with Crippen molar-refractivity contribution < 1.29 is 9.59 Å². The van der Waals surface area contributed by atoms with Gasteiger partial charge in [0.25, 0.3) is 0 Å². The Bertz CT molecular complexity index is 825. The minimum atomic E-state index is -0.269. The second kappa shape index (κ2) is 8.44. The molecule has 0 unspecified atom stereocenters. The lowest BCUT2D eigenvalue weighted by Crippen LogP contribution is -2.49. The highest BCUT2D eigenvalue weighted by Gasteiger charge is 2.23. The van der Waals surface area contributed by atoms with E-state index in [1.165, 1.54) is 0 Å². The number of amides is 2. The van der Waals surface area contributed by atoms with E-state index in [1.807, 2.05) is 56.3 Å². The number of nitrogens with one attached hydrogen (secondary N) is 1.